The molecule has 2 aromatic carbocycles. The van der Waals surface area contributed by atoms with Crippen molar-refractivity contribution in [1.82, 2.24) is 10.8 Å². The normalized spacial score (nSPS) is 10.7. The average Bonchev–Trinajstić information content (AvgIpc) is 2.79. The summed E-state index contributed by atoms with van der Waals surface area (Å²) in [6.45, 7) is 0.450. The first-order chi connectivity index (χ1) is 14.8. The molecular weight excluding hydrogens is 406 g/mol. The maximum absolute atomic E-state index is 12.7. The van der Waals surface area contributed by atoms with Crippen molar-refractivity contribution in [1.29, 1.82) is 5.41 Å². The second kappa shape index (κ2) is 11.2. The highest BCUT2D eigenvalue weighted by atomic mass is 19.3. The molecule has 2 amide bonds. The molecule has 0 fully saturated rings. The van der Waals surface area contributed by atoms with Crippen LogP contribution in [0.15, 0.2) is 48.5 Å². The van der Waals surface area contributed by atoms with Gasteiger partial charge in [0, 0.05) is 23.2 Å². The van der Waals surface area contributed by atoms with Gasteiger partial charge in [-0.25, -0.2) is 14.3 Å². The smallest absolute Gasteiger partial charge is 0.278 e. The van der Waals surface area contributed by atoms with Gasteiger partial charge in [0.15, 0.2) is 6.04 Å². The summed E-state index contributed by atoms with van der Waals surface area (Å²) >= 11 is 0. The van der Waals surface area contributed by atoms with Crippen LogP contribution in [0.1, 0.15) is 27.0 Å². The summed E-state index contributed by atoms with van der Waals surface area (Å²) in [4.78, 5) is 23.7. The second-order valence-corrected chi connectivity index (χ2v) is 6.12. The van der Waals surface area contributed by atoms with Crippen LogP contribution in [0.3, 0.4) is 0 Å². The zero-order valence-corrected chi connectivity index (χ0v) is 16.1. The van der Waals surface area contributed by atoms with Gasteiger partial charge in [-0.3, -0.25) is 14.8 Å². The molecule has 0 bridgehead atoms. The minimum absolute atomic E-state index is 0.0504. The van der Waals surface area contributed by atoms with Crippen LogP contribution < -0.4 is 16.5 Å². The van der Waals surface area contributed by atoms with E-state index in [0.717, 1.165) is 16.6 Å². The zero-order valence-electron chi connectivity index (χ0n) is 16.1. The van der Waals surface area contributed by atoms with Crippen LogP contribution >= 0.6 is 0 Å². The van der Waals surface area contributed by atoms with E-state index in [2.05, 4.69) is 23.7 Å². The van der Waals surface area contributed by atoms with Crippen molar-refractivity contribution in [3.63, 3.8) is 0 Å². The molecule has 0 saturated heterocycles. The van der Waals surface area contributed by atoms with Crippen molar-refractivity contribution < 1.29 is 23.6 Å². The van der Waals surface area contributed by atoms with Crippen molar-refractivity contribution in [2.75, 3.05) is 0 Å². The molecular formula is C22H18F2N4O3. The number of nitrogens with two attached hydrogens (primary N) is 1. The molecule has 0 spiro atoms. The van der Waals surface area contributed by atoms with Crippen molar-refractivity contribution >= 4 is 17.5 Å². The second-order valence-electron chi connectivity index (χ2n) is 6.12. The largest absolute Gasteiger partial charge is 0.335 e. The Kier molecular flexibility index (Phi) is 8.41. The predicted molar refractivity (Wildman–Crippen MR) is 109 cm³/mol. The molecule has 0 aliphatic rings. The lowest BCUT2D eigenvalue weighted by Gasteiger charge is -2.17. The predicted octanol–water partition coefficient (Wildman–Crippen LogP) is 1.44. The first-order valence-electron chi connectivity index (χ1n) is 8.88. The molecule has 2 rings (SSSR count). The van der Waals surface area contributed by atoms with Crippen molar-refractivity contribution in [3.05, 3.63) is 70.8 Å². The van der Waals surface area contributed by atoms with Crippen molar-refractivity contribution in [2.24, 2.45) is 5.73 Å². The monoisotopic (exact) mass is 424 g/mol. The molecule has 2 aromatic rings. The van der Waals surface area contributed by atoms with Crippen LogP contribution in [0.2, 0.25) is 0 Å². The van der Waals surface area contributed by atoms with E-state index in [1.165, 1.54) is 24.3 Å². The summed E-state index contributed by atoms with van der Waals surface area (Å²) in [5.74, 6) is 8.85. The standard InChI is InChI=1S/C22H18F2N4O3/c23-20(24)18(26)19(22(30)28-31)27-21(29)17-11-9-15(10-12-17)4-2-1-3-14-5-7-16(13-25)8-6-14/h5-12,19-20,26,31H,13,25H2,(H,27,29)(H,28,30)/t19-/m0/s1. The average molecular weight is 424 g/mol. The van der Waals surface area contributed by atoms with E-state index in [1.54, 1.807) is 0 Å². The van der Waals surface area contributed by atoms with Gasteiger partial charge in [0.05, 0.1) is 0 Å². The van der Waals surface area contributed by atoms with Crippen LogP contribution in [0.25, 0.3) is 0 Å². The number of rotatable bonds is 6. The molecule has 31 heavy (non-hydrogen) atoms. The van der Waals surface area contributed by atoms with E-state index < -0.39 is 30.0 Å². The minimum atomic E-state index is -3.28. The molecule has 0 aliphatic heterocycles. The molecule has 7 nitrogen and oxygen atoms in total. The summed E-state index contributed by atoms with van der Waals surface area (Å²) < 4.78 is 25.4. The molecule has 0 heterocycles. The number of hydrogen-bond acceptors (Lipinski definition) is 5. The topological polar surface area (TPSA) is 128 Å². The zero-order chi connectivity index (χ0) is 22.8. The van der Waals surface area contributed by atoms with Gasteiger partial charge in [-0.1, -0.05) is 24.0 Å². The van der Waals surface area contributed by atoms with E-state index in [9.17, 15) is 18.4 Å². The summed E-state index contributed by atoms with van der Waals surface area (Å²) in [5.41, 5.74) is 7.72. The van der Waals surface area contributed by atoms with E-state index in [0.29, 0.717) is 12.1 Å². The van der Waals surface area contributed by atoms with E-state index in [-0.39, 0.29) is 5.56 Å². The number of carbonyl (C=O) groups is 2. The molecule has 158 valence electrons. The Labute approximate surface area is 177 Å². The van der Waals surface area contributed by atoms with Crippen LogP contribution in [-0.4, -0.2) is 35.2 Å². The van der Waals surface area contributed by atoms with Crippen LogP contribution in [0, 0.1) is 29.1 Å². The number of carbonyl (C=O) groups excluding carboxylic acids is 2. The lowest BCUT2D eigenvalue weighted by atomic mass is 10.1. The Morgan fingerprint density at radius 3 is 1.97 bits per heavy atom. The van der Waals surface area contributed by atoms with Gasteiger partial charge in [0.2, 0.25) is 0 Å². The maximum Gasteiger partial charge on any atom is 0.278 e. The molecule has 0 saturated carbocycles. The Hall–Kier alpha value is -4.05. The third kappa shape index (κ3) is 6.75. The van der Waals surface area contributed by atoms with Gasteiger partial charge in [-0.2, -0.15) is 0 Å². The van der Waals surface area contributed by atoms with Crippen LogP contribution in [0.4, 0.5) is 8.78 Å². The minimum Gasteiger partial charge on any atom is -0.335 e. The third-order valence-electron chi connectivity index (χ3n) is 4.01. The van der Waals surface area contributed by atoms with Crippen LogP contribution in [-0.2, 0) is 11.3 Å². The summed E-state index contributed by atoms with van der Waals surface area (Å²) in [6.07, 6.45) is -3.28. The number of benzene rings is 2. The molecule has 6 N–H and O–H groups in total. The lowest BCUT2D eigenvalue weighted by Crippen LogP contribution is -2.52. The quantitative estimate of drug-likeness (QED) is 0.208. The molecule has 0 radical (unpaired) electrons. The number of hydroxylamine groups is 1. The SMILES string of the molecule is N=C(C(F)F)[C@H](NC(=O)c1ccc(C#CC#Cc2ccc(CN)cc2)cc1)C(=O)NO. The van der Waals surface area contributed by atoms with Gasteiger partial charge >= 0.3 is 0 Å². The fourth-order valence-electron chi connectivity index (χ4n) is 2.33. The number of amides is 2. The molecule has 0 aliphatic carbocycles. The van der Waals surface area contributed by atoms with Crippen LogP contribution in [0.5, 0.6) is 0 Å². The lowest BCUT2D eigenvalue weighted by molar-refractivity contribution is -0.129. The number of halogens is 2. The summed E-state index contributed by atoms with van der Waals surface area (Å²) in [6, 6.07) is 11.2. The highest BCUT2D eigenvalue weighted by Gasteiger charge is 2.30. The molecule has 0 aromatic heterocycles. The molecule has 1 atom stereocenters. The fraction of sp³-hybridized carbons (Fsp3) is 0.136. The molecule has 9 heteroatoms. The highest BCUT2D eigenvalue weighted by Crippen LogP contribution is 2.06. The Morgan fingerprint density at radius 1 is 1.00 bits per heavy atom. The van der Waals surface area contributed by atoms with Gasteiger partial charge in [0.1, 0.15) is 5.71 Å². The maximum atomic E-state index is 12.7. The number of nitrogens with one attached hydrogen (secondary N) is 3. The van der Waals surface area contributed by atoms with Gasteiger partial charge < -0.3 is 16.5 Å². The van der Waals surface area contributed by atoms with E-state index in [4.69, 9.17) is 16.4 Å². The summed E-state index contributed by atoms with van der Waals surface area (Å²) in [5, 5.41) is 17.8. The van der Waals surface area contributed by atoms with Gasteiger partial charge in [-0.15, -0.1) is 0 Å². The Bertz CT molecular complexity index is 1080. The number of alkyl halides is 2. The van der Waals surface area contributed by atoms with Gasteiger partial charge in [-0.05, 0) is 53.8 Å². The fourth-order valence-corrected chi connectivity index (χ4v) is 2.33. The first kappa shape index (κ1) is 23.2. The van der Waals surface area contributed by atoms with Crippen molar-refractivity contribution in [3.8, 4) is 23.7 Å². The first-order valence-corrected chi connectivity index (χ1v) is 8.88. The third-order valence-corrected chi connectivity index (χ3v) is 4.01. The Morgan fingerprint density at radius 2 is 1.52 bits per heavy atom. The Balaban J connectivity index is 2.05. The summed E-state index contributed by atoms with van der Waals surface area (Å²) in [7, 11) is 0. The van der Waals surface area contributed by atoms with E-state index in [1.807, 2.05) is 29.6 Å². The highest BCUT2D eigenvalue weighted by molar-refractivity contribution is 6.11. The van der Waals surface area contributed by atoms with E-state index >= 15 is 0 Å². The van der Waals surface area contributed by atoms with Crippen molar-refractivity contribution in [2.45, 2.75) is 19.0 Å². The number of hydrogen-bond donors (Lipinski definition) is 5. The van der Waals surface area contributed by atoms with Gasteiger partial charge in [0.25, 0.3) is 18.2 Å². The molecule has 0 unspecified atom stereocenters.